The average molecular weight is 849 g/mol. The molecule has 14 rings (SSSR count). The Morgan fingerprint density at radius 2 is 1.05 bits per heavy atom. The first kappa shape index (κ1) is 36.3. The van der Waals surface area contributed by atoms with Gasteiger partial charge in [-0.15, -0.1) is 11.3 Å². The number of fused-ring (bicyclic) bond motifs is 11. The van der Waals surface area contributed by atoms with Gasteiger partial charge in [0.05, 0.1) is 16.6 Å². The lowest BCUT2D eigenvalue weighted by atomic mass is 9.94. The molecule has 0 N–H and O–H groups in total. The normalized spacial score (nSPS) is 12.9. The molecule has 304 valence electrons. The van der Waals surface area contributed by atoms with E-state index in [1.165, 1.54) is 52.8 Å². The lowest BCUT2D eigenvalue weighted by molar-refractivity contribution is 0.669. The van der Waals surface area contributed by atoms with Gasteiger partial charge in [-0.2, -0.15) is 0 Å². The van der Waals surface area contributed by atoms with Crippen LogP contribution in [0.5, 0.6) is 0 Å². The minimum absolute atomic E-state index is 0.562. The summed E-state index contributed by atoms with van der Waals surface area (Å²) in [7, 11) is 0. The van der Waals surface area contributed by atoms with E-state index in [9.17, 15) is 0 Å². The largest absolute Gasteiger partial charge is 0.455 e. The molecule has 4 heterocycles. The molecule has 1 aliphatic carbocycles. The zero-order chi connectivity index (χ0) is 42.6. The molecule has 65 heavy (non-hydrogen) atoms. The molecule has 13 aromatic rings. The van der Waals surface area contributed by atoms with Crippen LogP contribution < -0.4 is 0 Å². The van der Waals surface area contributed by atoms with Crippen molar-refractivity contribution in [2.75, 3.05) is 0 Å². The molecule has 0 radical (unpaired) electrons. The third kappa shape index (κ3) is 5.74. The van der Waals surface area contributed by atoms with E-state index in [4.69, 9.17) is 19.4 Å². The van der Waals surface area contributed by atoms with E-state index < -0.39 is 0 Å². The van der Waals surface area contributed by atoms with Crippen LogP contribution in [0.3, 0.4) is 0 Å². The number of allylic oxidation sites excluding steroid dienone is 1. The quantitative estimate of drug-likeness (QED) is 0.173. The second kappa shape index (κ2) is 14.2. The Morgan fingerprint density at radius 1 is 0.462 bits per heavy atom. The zero-order valence-electron chi connectivity index (χ0n) is 35.0. The summed E-state index contributed by atoms with van der Waals surface area (Å²) in [4.78, 5) is 17.6. The van der Waals surface area contributed by atoms with Gasteiger partial charge in [0, 0.05) is 58.9 Å². The molecule has 9 aromatic carbocycles. The maximum Gasteiger partial charge on any atom is 0.167 e. The SMILES string of the molecule is C1=C(c2nc(-c3ccc(-c4ccccc4)cc3)nc(-c3cc(-n4c5cc6ccccc6cc5c5cc6ccccc6cc54)cc4c3oc3ccccc34)n2)c2c(sc3ccccc23)CC1. The topological polar surface area (TPSA) is 56.7 Å². The van der Waals surface area contributed by atoms with E-state index in [0.717, 1.165) is 79.3 Å². The predicted octanol–water partition coefficient (Wildman–Crippen LogP) is 15.8. The number of para-hydroxylation sites is 1. The van der Waals surface area contributed by atoms with Gasteiger partial charge >= 0.3 is 0 Å². The lowest BCUT2D eigenvalue weighted by Crippen LogP contribution is -2.07. The van der Waals surface area contributed by atoms with Crippen LogP contribution in [-0.4, -0.2) is 19.5 Å². The van der Waals surface area contributed by atoms with Gasteiger partial charge in [-0.3, -0.25) is 0 Å². The minimum Gasteiger partial charge on any atom is -0.455 e. The van der Waals surface area contributed by atoms with E-state index in [0.29, 0.717) is 17.5 Å². The molecule has 5 nitrogen and oxygen atoms in total. The highest BCUT2D eigenvalue weighted by molar-refractivity contribution is 7.19. The van der Waals surface area contributed by atoms with Crippen molar-refractivity contribution in [2.24, 2.45) is 0 Å². The van der Waals surface area contributed by atoms with E-state index in [2.05, 4.69) is 181 Å². The van der Waals surface area contributed by atoms with Crippen molar-refractivity contribution in [3.05, 3.63) is 210 Å². The number of rotatable bonds is 5. The Bertz CT molecular complexity index is 4030. The first-order valence-corrected chi connectivity index (χ1v) is 23.0. The second-order valence-electron chi connectivity index (χ2n) is 17.0. The van der Waals surface area contributed by atoms with Crippen LogP contribution in [0.25, 0.3) is 121 Å². The van der Waals surface area contributed by atoms with E-state index in [-0.39, 0.29) is 0 Å². The van der Waals surface area contributed by atoms with Crippen LogP contribution in [0.15, 0.2) is 199 Å². The molecule has 0 atom stereocenters. The van der Waals surface area contributed by atoms with Crippen molar-refractivity contribution in [3.8, 4) is 39.6 Å². The van der Waals surface area contributed by atoms with Gasteiger partial charge in [0.1, 0.15) is 11.2 Å². The van der Waals surface area contributed by atoms with E-state index >= 15 is 0 Å². The van der Waals surface area contributed by atoms with Gasteiger partial charge in [0.25, 0.3) is 0 Å². The average Bonchev–Trinajstić information content (AvgIpc) is 4.04. The minimum atomic E-state index is 0.562. The molecule has 0 unspecified atom stereocenters. The van der Waals surface area contributed by atoms with Crippen LogP contribution >= 0.6 is 11.3 Å². The fourth-order valence-electron chi connectivity index (χ4n) is 10.2. The third-order valence-corrected chi connectivity index (χ3v) is 14.5. The lowest BCUT2D eigenvalue weighted by Gasteiger charge is -2.16. The van der Waals surface area contributed by atoms with Crippen molar-refractivity contribution in [1.29, 1.82) is 0 Å². The number of nitrogens with zero attached hydrogens (tertiary/aromatic N) is 4. The highest BCUT2D eigenvalue weighted by Crippen LogP contribution is 2.44. The van der Waals surface area contributed by atoms with Crippen molar-refractivity contribution < 1.29 is 4.42 Å². The van der Waals surface area contributed by atoms with Crippen LogP contribution in [0, 0.1) is 0 Å². The molecule has 0 spiro atoms. The fourth-order valence-corrected chi connectivity index (χ4v) is 11.4. The monoisotopic (exact) mass is 848 g/mol. The summed E-state index contributed by atoms with van der Waals surface area (Å²) in [5.74, 6) is 1.83. The molecule has 0 saturated heterocycles. The molecular weight excluding hydrogens is 813 g/mol. The Morgan fingerprint density at radius 3 is 1.78 bits per heavy atom. The molecule has 4 aromatic heterocycles. The van der Waals surface area contributed by atoms with E-state index in [1.54, 1.807) is 0 Å². The zero-order valence-corrected chi connectivity index (χ0v) is 35.8. The number of aryl methyl sites for hydroxylation is 1. The molecular formula is C59H36N4OS. The molecule has 0 amide bonds. The highest BCUT2D eigenvalue weighted by Gasteiger charge is 2.26. The van der Waals surface area contributed by atoms with Crippen molar-refractivity contribution in [2.45, 2.75) is 12.8 Å². The maximum atomic E-state index is 6.88. The van der Waals surface area contributed by atoms with Crippen molar-refractivity contribution in [3.63, 3.8) is 0 Å². The fraction of sp³-hybridized carbons (Fsp3) is 0.0339. The van der Waals surface area contributed by atoms with E-state index in [1.807, 2.05) is 29.5 Å². The van der Waals surface area contributed by atoms with Gasteiger partial charge in [-0.05, 0) is 94.0 Å². The van der Waals surface area contributed by atoms with Gasteiger partial charge in [0.2, 0.25) is 0 Å². The maximum absolute atomic E-state index is 6.88. The number of hydrogen-bond donors (Lipinski definition) is 0. The molecule has 0 saturated carbocycles. The summed E-state index contributed by atoms with van der Waals surface area (Å²) < 4.78 is 10.6. The first-order valence-electron chi connectivity index (χ1n) is 22.1. The standard InChI is InChI=1S/C59H36N4OS/c1-2-13-35(14-3-1)36-25-27-37(28-26-36)57-60-58(45-21-12-24-54-55(45)44-20-9-11-23-53(44)65-54)62-59(61-57)49-34-42(33-48-43-19-8-10-22-52(43)64-56(48)49)63-50-31-40-17-6-4-15-38(40)29-46(50)47-30-39-16-5-7-18-41(39)32-51(47)63/h1-11,13-23,25-34H,12,24H2. The third-order valence-electron chi connectivity index (χ3n) is 13.2. The van der Waals surface area contributed by atoms with Crippen LogP contribution in [0.2, 0.25) is 0 Å². The Labute approximate surface area is 377 Å². The van der Waals surface area contributed by atoms with Crippen molar-refractivity contribution >= 4 is 92.3 Å². The number of furan rings is 1. The van der Waals surface area contributed by atoms with Gasteiger partial charge in [-0.1, -0.05) is 146 Å². The summed E-state index contributed by atoms with van der Waals surface area (Å²) in [5, 5.41) is 10.5. The Balaban J connectivity index is 1.06. The number of benzene rings is 9. The molecule has 0 aliphatic heterocycles. The number of hydrogen-bond acceptors (Lipinski definition) is 5. The summed E-state index contributed by atoms with van der Waals surface area (Å²) in [6.07, 6.45) is 4.23. The summed E-state index contributed by atoms with van der Waals surface area (Å²) in [6, 6.07) is 67.2. The van der Waals surface area contributed by atoms with Gasteiger partial charge in [0.15, 0.2) is 17.5 Å². The van der Waals surface area contributed by atoms with Crippen LogP contribution in [0.1, 0.15) is 22.7 Å². The smallest absolute Gasteiger partial charge is 0.167 e. The van der Waals surface area contributed by atoms with Crippen LogP contribution in [0.4, 0.5) is 0 Å². The number of thiophene rings is 1. The predicted molar refractivity (Wildman–Crippen MR) is 270 cm³/mol. The summed E-state index contributed by atoms with van der Waals surface area (Å²) in [5.41, 5.74) is 11.1. The molecule has 1 aliphatic rings. The first-order chi connectivity index (χ1) is 32.2. The molecule has 6 heteroatoms. The van der Waals surface area contributed by atoms with Crippen LogP contribution in [-0.2, 0) is 6.42 Å². The Hall–Kier alpha value is -8.19. The summed E-state index contributed by atoms with van der Waals surface area (Å²) in [6.45, 7) is 0. The summed E-state index contributed by atoms with van der Waals surface area (Å²) >= 11 is 1.88. The second-order valence-corrected chi connectivity index (χ2v) is 18.2. The van der Waals surface area contributed by atoms with Crippen molar-refractivity contribution in [1.82, 2.24) is 19.5 Å². The molecule has 0 fully saturated rings. The Kier molecular flexibility index (Phi) is 7.91. The van der Waals surface area contributed by atoms with Gasteiger partial charge < -0.3 is 8.98 Å². The highest BCUT2D eigenvalue weighted by atomic mass is 32.1. The van der Waals surface area contributed by atoms with Gasteiger partial charge in [-0.25, -0.2) is 15.0 Å². The number of aromatic nitrogens is 4. The molecule has 0 bridgehead atoms.